The number of thiophene rings is 2. The molecule has 0 aliphatic heterocycles. The first-order valence-electron chi connectivity index (χ1n) is 9.34. The molecule has 3 aromatic rings. The average molecular weight is 447 g/mol. The maximum Gasteiger partial charge on any atom is 0.197 e. The van der Waals surface area contributed by atoms with Gasteiger partial charge in [0, 0.05) is 30.3 Å². The fourth-order valence-corrected chi connectivity index (χ4v) is 6.98. The number of Topliss-reactive ketones (excluding diaryl/α,β-unsaturated/α-hetero) is 2. The Morgan fingerprint density at radius 1 is 0.821 bits per heavy atom. The number of halogens is 2. The lowest BCUT2D eigenvalue weighted by atomic mass is 9.88. The molecule has 0 bridgehead atoms. The number of allylic oxidation sites excluding steroid dienone is 1. The highest BCUT2D eigenvalue weighted by Gasteiger charge is 2.34. The van der Waals surface area contributed by atoms with E-state index in [0.717, 1.165) is 4.88 Å². The molecule has 1 fully saturated rings. The summed E-state index contributed by atoms with van der Waals surface area (Å²) in [6.45, 7) is 0. The SMILES string of the molecule is O=C1C(=Cc2cc3sc(C4CCCCC4)cc3s2)C(=O)c2cc(Cl)c(Cl)cc21. The van der Waals surface area contributed by atoms with Crippen molar-refractivity contribution in [2.45, 2.75) is 38.0 Å². The third-order valence-electron chi connectivity index (χ3n) is 5.58. The molecule has 1 saturated carbocycles. The van der Waals surface area contributed by atoms with Crippen molar-refractivity contribution in [3.63, 3.8) is 0 Å². The molecule has 0 spiro atoms. The van der Waals surface area contributed by atoms with Crippen molar-refractivity contribution in [3.05, 3.63) is 60.8 Å². The Hall–Kier alpha value is -1.46. The van der Waals surface area contributed by atoms with E-state index in [1.807, 2.05) is 11.3 Å². The Morgan fingerprint density at radius 3 is 2.04 bits per heavy atom. The molecule has 2 nitrogen and oxygen atoms in total. The van der Waals surface area contributed by atoms with Crippen LogP contribution in [0, 0.1) is 0 Å². The van der Waals surface area contributed by atoms with Gasteiger partial charge >= 0.3 is 0 Å². The fraction of sp³-hybridized carbons (Fsp3) is 0.273. The van der Waals surface area contributed by atoms with Crippen LogP contribution in [0.25, 0.3) is 15.5 Å². The quantitative estimate of drug-likeness (QED) is 0.297. The molecule has 0 radical (unpaired) electrons. The summed E-state index contributed by atoms with van der Waals surface area (Å²) in [4.78, 5) is 27.8. The zero-order chi connectivity index (χ0) is 19.4. The predicted molar refractivity (Wildman–Crippen MR) is 119 cm³/mol. The molecule has 0 N–H and O–H groups in total. The molecular formula is C22H16Cl2O2S2. The molecule has 6 heteroatoms. The van der Waals surface area contributed by atoms with Gasteiger partial charge in [0.2, 0.25) is 0 Å². The summed E-state index contributed by atoms with van der Waals surface area (Å²) in [5, 5.41) is 0.574. The number of benzene rings is 1. The largest absolute Gasteiger partial charge is 0.288 e. The Morgan fingerprint density at radius 2 is 1.43 bits per heavy atom. The number of hydrogen-bond acceptors (Lipinski definition) is 4. The van der Waals surface area contributed by atoms with E-state index in [2.05, 4.69) is 12.1 Å². The van der Waals surface area contributed by atoms with Crippen LogP contribution in [0.4, 0.5) is 0 Å². The van der Waals surface area contributed by atoms with Crippen molar-refractivity contribution in [2.24, 2.45) is 0 Å². The summed E-state index contributed by atoms with van der Waals surface area (Å²) in [5.41, 5.74) is 0.863. The number of carbonyl (C=O) groups is 2. The molecule has 2 heterocycles. The van der Waals surface area contributed by atoms with Crippen LogP contribution in [-0.2, 0) is 0 Å². The second-order valence-electron chi connectivity index (χ2n) is 7.39. The average Bonchev–Trinajstić information content (AvgIpc) is 3.31. The highest BCUT2D eigenvalue weighted by Crippen LogP contribution is 2.42. The lowest BCUT2D eigenvalue weighted by Crippen LogP contribution is -2.02. The van der Waals surface area contributed by atoms with Crippen LogP contribution in [0.1, 0.15) is 68.5 Å². The summed E-state index contributed by atoms with van der Waals surface area (Å²) < 4.78 is 2.47. The minimum absolute atomic E-state index is 0.190. The standard InChI is InChI=1S/C22H16Cl2O2S2/c23-16-8-13-14(9-17(16)24)22(26)15(21(13)25)6-12-7-19-20(27-12)10-18(28-19)11-4-2-1-3-5-11/h6-11H,1-5H2. The van der Waals surface area contributed by atoms with Gasteiger partial charge in [0.15, 0.2) is 11.6 Å². The second-order valence-corrected chi connectivity index (χ2v) is 10.4. The van der Waals surface area contributed by atoms with E-state index >= 15 is 0 Å². The first kappa shape index (κ1) is 18.6. The van der Waals surface area contributed by atoms with Gasteiger partial charge in [0.25, 0.3) is 0 Å². The zero-order valence-corrected chi connectivity index (χ0v) is 18.0. The van der Waals surface area contributed by atoms with Crippen LogP contribution >= 0.6 is 45.9 Å². The van der Waals surface area contributed by atoms with Gasteiger partial charge in [0.1, 0.15) is 0 Å². The highest BCUT2D eigenvalue weighted by atomic mass is 35.5. The predicted octanol–water partition coefficient (Wildman–Crippen LogP) is 7.78. The van der Waals surface area contributed by atoms with Gasteiger partial charge in [-0.1, -0.05) is 42.5 Å². The number of rotatable bonds is 2. The molecule has 0 atom stereocenters. The van der Waals surface area contributed by atoms with E-state index in [0.29, 0.717) is 17.0 Å². The Labute approximate surface area is 180 Å². The highest BCUT2D eigenvalue weighted by molar-refractivity contribution is 7.28. The van der Waals surface area contributed by atoms with Crippen molar-refractivity contribution in [3.8, 4) is 0 Å². The monoisotopic (exact) mass is 446 g/mol. The Balaban J connectivity index is 1.47. The number of carbonyl (C=O) groups excluding carboxylic acids is 2. The first-order chi connectivity index (χ1) is 13.5. The molecule has 2 aliphatic rings. The molecule has 0 amide bonds. The molecule has 142 valence electrons. The molecule has 28 heavy (non-hydrogen) atoms. The summed E-state index contributed by atoms with van der Waals surface area (Å²) in [6.07, 6.45) is 8.30. The topological polar surface area (TPSA) is 34.1 Å². The van der Waals surface area contributed by atoms with E-state index < -0.39 is 0 Å². The number of fused-ring (bicyclic) bond motifs is 2. The van der Waals surface area contributed by atoms with Crippen LogP contribution in [0.5, 0.6) is 0 Å². The van der Waals surface area contributed by atoms with Crippen LogP contribution in [0.2, 0.25) is 10.0 Å². The first-order valence-corrected chi connectivity index (χ1v) is 11.7. The third-order valence-corrected chi connectivity index (χ3v) is 8.70. The summed E-state index contributed by atoms with van der Waals surface area (Å²) >= 11 is 15.5. The minimum Gasteiger partial charge on any atom is -0.288 e. The van der Waals surface area contributed by atoms with Crippen LogP contribution in [-0.4, -0.2) is 11.6 Å². The second kappa shape index (κ2) is 7.10. The molecule has 1 aromatic carbocycles. The van der Waals surface area contributed by atoms with Gasteiger partial charge in [0.05, 0.1) is 15.6 Å². The van der Waals surface area contributed by atoms with Crippen LogP contribution in [0.3, 0.4) is 0 Å². The van der Waals surface area contributed by atoms with Crippen LogP contribution < -0.4 is 0 Å². The van der Waals surface area contributed by atoms with E-state index in [-0.39, 0.29) is 27.2 Å². The van der Waals surface area contributed by atoms with Gasteiger partial charge in [-0.2, -0.15) is 0 Å². The molecule has 2 aliphatic carbocycles. The van der Waals surface area contributed by atoms with Crippen molar-refractivity contribution < 1.29 is 9.59 Å². The normalized spacial score (nSPS) is 17.6. The Kier molecular flexibility index (Phi) is 4.71. The lowest BCUT2D eigenvalue weighted by Gasteiger charge is -2.19. The molecule has 2 aromatic heterocycles. The van der Waals surface area contributed by atoms with E-state index in [1.165, 1.54) is 58.5 Å². The summed E-state index contributed by atoms with van der Waals surface area (Å²) in [5.74, 6) is 0.138. The smallest absolute Gasteiger partial charge is 0.197 e. The fourth-order valence-electron chi connectivity index (χ4n) is 4.12. The number of hydrogen-bond donors (Lipinski definition) is 0. The molecule has 0 saturated heterocycles. The van der Waals surface area contributed by atoms with Gasteiger partial charge in [-0.3, -0.25) is 9.59 Å². The van der Waals surface area contributed by atoms with Gasteiger partial charge in [-0.05, 0) is 49.1 Å². The lowest BCUT2D eigenvalue weighted by molar-refractivity contribution is 0.0990. The van der Waals surface area contributed by atoms with Crippen molar-refractivity contribution >= 4 is 72.9 Å². The van der Waals surface area contributed by atoms with Crippen molar-refractivity contribution in [2.75, 3.05) is 0 Å². The molecular weight excluding hydrogens is 431 g/mol. The van der Waals surface area contributed by atoms with Gasteiger partial charge in [-0.15, -0.1) is 22.7 Å². The Bertz CT molecular complexity index is 1090. The maximum absolute atomic E-state index is 12.7. The zero-order valence-electron chi connectivity index (χ0n) is 14.9. The van der Waals surface area contributed by atoms with Crippen molar-refractivity contribution in [1.29, 1.82) is 0 Å². The molecule has 5 rings (SSSR count). The minimum atomic E-state index is -0.279. The van der Waals surface area contributed by atoms with E-state index in [4.69, 9.17) is 23.2 Å². The summed E-state index contributed by atoms with van der Waals surface area (Å²) in [6, 6.07) is 7.37. The summed E-state index contributed by atoms with van der Waals surface area (Å²) in [7, 11) is 0. The van der Waals surface area contributed by atoms with Crippen molar-refractivity contribution in [1.82, 2.24) is 0 Å². The van der Waals surface area contributed by atoms with E-state index in [1.54, 1.807) is 17.4 Å². The van der Waals surface area contributed by atoms with Crippen LogP contribution in [0.15, 0.2) is 29.8 Å². The number of ketones is 2. The van der Waals surface area contributed by atoms with Gasteiger partial charge < -0.3 is 0 Å². The molecule has 0 unspecified atom stereocenters. The van der Waals surface area contributed by atoms with E-state index in [9.17, 15) is 9.59 Å². The third kappa shape index (κ3) is 3.07. The van der Waals surface area contributed by atoms with Gasteiger partial charge in [-0.25, -0.2) is 0 Å². The maximum atomic E-state index is 12.7.